The number of rotatable bonds is 1. The molecule has 1 N–H and O–H groups in total. The average Bonchev–Trinajstić information content (AvgIpc) is 2.15. The molecule has 1 aliphatic rings. The normalized spacial score (nSPS) is 32.2. The van der Waals surface area contributed by atoms with Crippen LogP contribution in [0, 0.1) is 0 Å². The molecule has 0 spiro atoms. The second kappa shape index (κ2) is 3.55. The molecule has 0 aliphatic heterocycles. The van der Waals surface area contributed by atoms with E-state index < -0.39 is 0 Å². The van der Waals surface area contributed by atoms with E-state index in [4.69, 9.17) is 0 Å². The number of alkyl halides is 1. The molecule has 0 aromatic heterocycles. The molecule has 2 unspecified atom stereocenters. The third-order valence-electron chi connectivity index (χ3n) is 1.82. The van der Waals surface area contributed by atoms with Crippen LogP contribution in [0.15, 0.2) is 0 Å². The van der Waals surface area contributed by atoms with Gasteiger partial charge in [-0.15, -0.1) is 0 Å². The lowest BCUT2D eigenvalue weighted by Gasteiger charge is -2.13. The van der Waals surface area contributed by atoms with Crippen molar-refractivity contribution in [3.8, 4) is 0 Å². The van der Waals surface area contributed by atoms with Gasteiger partial charge in [0.25, 0.3) is 0 Å². The fourth-order valence-corrected chi connectivity index (χ4v) is 2.32. The number of hydrogen-bond acceptors (Lipinski definition) is 1. The van der Waals surface area contributed by atoms with Gasteiger partial charge in [-0.2, -0.15) is 0 Å². The zero-order chi connectivity index (χ0) is 7.56. The lowest BCUT2D eigenvalue weighted by atomic mass is 10.2. The highest BCUT2D eigenvalue weighted by Gasteiger charge is 2.24. The van der Waals surface area contributed by atoms with Gasteiger partial charge in [-0.25, -0.2) is 0 Å². The fraction of sp³-hybridized carbons (Fsp3) is 0.857. The van der Waals surface area contributed by atoms with E-state index in [1.807, 2.05) is 0 Å². The maximum atomic E-state index is 10.6. The third-order valence-corrected chi connectivity index (χ3v) is 3.31. The predicted octanol–water partition coefficient (Wildman–Crippen LogP) is 1.48. The summed E-state index contributed by atoms with van der Waals surface area (Å²) in [6, 6.07) is 0.443. The van der Waals surface area contributed by atoms with E-state index in [0.29, 0.717) is 9.97 Å². The number of amides is 1. The molecule has 0 bridgehead atoms. The standard InChI is InChI=1S/C7H12INO/c1-5(10)9-7-4-2-3-6(7)8/h6-7H,2-4H2,1H3,(H,9,10). The van der Waals surface area contributed by atoms with Gasteiger partial charge in [0, 0.05) is 16.9 Å². The van der Waals surface area contributed by atoms with Crippen LogP contribution in [0.1, 0.15) is 26.2 Å². The van der Waals surface area contributed by atoms with E-state index >= 15 is 0 Å². The minimum Gasteiger partial charge on any atom is -0.353 e. The molecule has 1 amide bonds. The van der Waals surface area contributed by atoms with Crippen molar-refractivity contribution in [3.63, 3.8) is 0 Å². The van der Waals surface area contributed by atoms with Crippen LogP contribution < -0.4 is 5.32 Å². The van der Waals surface area contributed by atoms with Crippen LogP contribution >= 0.6 is 22.6 Å². The molecule has 2 nitrogen and oxygen atoms in total. The molecular weight excluding hydrogens is 241 g/mol. The maximum Gasteiger partial charge on any atom is 0.217 e. The largest absolute Gasteiger partial charge is 0.353 e. The average molecular weight is 253 g/mol. The highest BCUT2D eigenvalue weighted by atomic mass is 127. The molecule has 1 saturated carbocycles. The SMILES string of the molecule is CC(=O)NC1CCCC1I. The molecule has 1 rings (SSSR count). The molecule has 2 atom stereocenters. The van der Waals surface area contributed by atoms with Crippen LogP contribution in [-0.2, 0) is 4.79 Å². The van der Waals surface area contributed by atoms with Crippen molar-refractivity contribution in [2.75, 3.05) is 0 Å². The summed E-state index contributed by atoms with van der Waals surface area (Å²) in [4.78, 5) is 10.6. The Morgan fingerprint density at radius 3 is 2.70 bits per heavy atom. The molecule has 3 heteroatoms. The number of halogens is 1. The summed E-state index contributed by atoms with van der Waals surface area (Å²) >= 11 is 2.41. The second-order valence-electron chi connectivity index (χ2n) is 2.75. The monoisotopic (exact) mass is 253 g/mol. The summed E-state index contributed by atoms with van der Waals surface area (Å²) in [7, 11) is 0. The quantitative estimate of drug-likeness (QED) is 0.556. The first-order valence-electron chi connectivity index (χ1n) is 3.61. The van der Waals surface area contributed by atoms with Crippen LogP contribution in [-0.4, -0.2) is 15.9 Å². The summed E-state index contributed by atoms with van der Waals surface area (Å²) in [5.41, 5.74) is 0. The van der Waals surface area contributed by atoms with Crippen molar-refractivity contribution < 1.29 is 4.79 Å². The van der Waals surface area contributed by atoms with E-state index in [-0.39, 0.29) is 5.91 Å². The Hall–Kier alpha value is 0.200. The number of nitrogens with one attached hydrogen (secondary N) is 1. The zero-order valence-electron chi connectivity index (χ0n) is 6.06. The molecule has 0 aromatic carbocycles. The Bertz CT molecular complexity index is 138. The molecule has 1 fully saturated rings. The summed E-state index contributed by atoms with van der Waals surface area (Å²) in [5, 5.41) is 2.95. The van der Waals surface area contributed by atoms with Gasteiger partial charge < -0.3 is 5.32 Å². The van der Waals surface area contributed by atoms with Gasteiger partial charge in [-0.05, 0) is 12.8 Å². The molecule has 0 aromatic rings. The van der Waals surface area contributed by atoms with Crippen LogP contribution in [0.3, 0.4) is 0 Å². The van der Waals surface area contributed by atoms with Gasteiger partial charge in [0.1, 0.15) is 0 Å². The molecule has 58 valence electrons. The lowest BCUT2D eigenvalue weighted by Crippen LogP contribution is -2.35. The van der Waals surface area contributed by atoms with Gasteiger partial charge in [-0.3, -0.25) is 4.79 Å². The highest BCUT2D eigenvalue weighted by Crippen LogP contribution is 2.25. The molecule has 1 aliphatic carbocycles. The van der Waals surface area contributed by atoms with E-state index in [2.05, 4.69) is 27.9 Å². The summed E-state index contributed by atoms with van der Waals surface area (Å²) in [5.74, 6) is 0.105. The molecule has 10 heavy (non-hydrogen) atoms. The Morgan fingerprint density at radius 2 is 2.30 bits per heavy atom. The van der Waals surface area contributed by atoms with Crippen molar-refractivity contribution in [2.24, 2.45) is 0 Å². The van der Waals surface area contributed by atoms with E-state index in [1.54, 1.807) is 6.92 Å². The summed E-state index contributed by atoms with van der Waals surface area (Å²) < 4.78 is 0.654. The number of hydrogen-bond donors (Lipinski definition) is 1. The number of carbonyl (C=O) groups excluding carboxylic acids is 1. The third kappa shape index (κ3) is 2.11. The van der Waals surface area contributed by atoms with Gasteiger partial charge >= 0.3 is 0 Å². The van der Waals surface area contributed by atoms with E-state index in [9.17, 15) is 4.79 Å². The fourth-order valence-electron chi connectivity index (χ4n) is 1.34. The van der Waals surface area contributed by atoms with Crippen molar-refractivity contribution >= 4 is 28.5 Å². The topological polar surface area (TPSA) is 29.1 Å². The van der Waals surface area contributed by atoms with Crippen molar-refractivity contribution in [3.05, 3.63) is 0 Å². The Kier molecular flexibility index (Phi) is 2.95. The predicted molar refractivity (Wildman–Crippen MR) is 49.3 cm³/mol. The second-order valence-corrected chi connectivity index (χ2v) is 4.35. The number of carbonyl (C=O) groups is 1. The molecule has 0 radical (unpaired) electrons. The van der Waals surface area contributed by atoms with Gasteiger partial charge in [0.2, 0.25) is 5.91 Å². The Balaban J connectivity index is 2.33. The van der Waals surface area contributed by atoms with Gasteiger partial charge in [0.15, 0.2) is 0 Å². The van der Waals surface area contributed by atoms with Crippen LogP contribution in [0.4, 0.5) is 0 Å². The first-order chi connectivity index (χ1) is 4.70. The first-order valence-corrected chi connectivity index (χ1v) is 4.86. The van der Waals surface area contributed by atoms with Gasteiger partial charge in [-0.1, -0.05) is 29.0 Å². The summed E-state index contributed by atoms with van der Waals surface area (Å²) in [6.45, 7) is 1.58. The van der Waals surface area contributed by atoms with Crippen LogP contribution in [0.25, 0.3) is 0 Å². The van der Waals surface area contributed by atoms with Crippen LogP contribution in [0.5, 0.6) is 0 Å². The van der Waals surface area contributed by atoms with E-state index in [1.165, 1.54) is 12.8 Å². The highest BCUT2D eigenvalue weighted by molar-refractivity contribution is 14.1. The maximum absolute atomic E-state index is 10.6. The van der Waals surface area contributed by atoms with E-state index in [0.717, 1.165) is 6.42 Å². The summed E-state index contributed by atoms with van der Waals surface area (Å²) in [6.07, 6.45) is 3.68. The van der Waals surface area contributed by atoms with Crippen LogP contribution in [0.2, 0.25) is 0 Å². The molecule has 0 saturated heterocycles. The van der Waals surface area contributed by atoms with Crippen molar-refractivity contribution in [2.45, 2.75) is 36.2 Å². The molecule has 0 heterocycles. The Labute approximate surface area is 74.9 Å². The van der Waals surface area contributed by atoms with Gasteiger partial charge in [0.05, 0.1) is 0 Å². The smallest absolute Gasteiger partial charge is 0.217 e. The zero-order valence-corrected chi connectivity index (χ0v) is 8.22. The first kappa shape index (κ1) is 8.30. The van der Waals surface area contributed by atoms with Crippen molar-refractivity contribution in [1.29, 1.82) is 0 Å². The minimum atomic E-state index is 0.105. The Morgan fingerprint density at radius 1 is 1.60 bits per heavy atom. The lowest BCUT2D eigenvalue weighted by molar-refractivity contribution is -0.119. The molecular formula is C7H12INO. The van der Waals surface area contributed by atoms with Crippen molar-refractivity contribution in [1.82, 2.24) is 5.32 Å². The minimum absolute atomic E-state index is 0.105.